The molecule has 104 valence electrons. The molecule has 19 heavy (non-hydrogen) atoms. The fraction of sp³-hybridized carbons (Fsp3) is 0.733. The lowest BCUT2D eigenvalue weighted by molar-refractivity contribution is 0.587. The van der Waals surface area contributed by atoms with Gasteiger partial charge in [-0.15, -0.1) is 0 Å². The summed E-state index contributed by atoms with van der Waals surface area (Å²) in [5.74, 6) is 2.86. The van der Waals surface area contributed by atoms with Gasteiger partial charge in [0.15, 0.2) is 0 Å². The molecule has 0 spiro atoms. The second kappa shape index (κ2) is 5.80. The third kappa shape index (κ3) is 2.79. The number of thioether (sulfide) groups is 1. The lowest BCUT2D eigenvalue weighted by Crippen LogP contribution is -2.28. The molecule has 1 unspecified atom stereocenters. The molecule has 1 N–H and O–H groups in total. The number of aromatic nitrogens is 2. The second-order valence-electron chi connectivity index (χ2n) is 5.83. The summed E-state index contributed by atoms with van der Waals surface area (Å²) in [5.41, 5.74) is 3.97. The minimum absolute atomic E-state index is 0.502. The van der Waals surface area contributed by atoms with Gasteiger partial charge < -0.3 is 5.32 Å². The Morgan fingerprint density at radius 2 is 2.16 bits per heavy atom. The highest BCUT2D eigenvalue weighted by molar-refractivity contribution is 7.99. The summed E-state index contributed by atoms with van der Waals surface area (Å²) in [5, 5.41) is 3.97. The Bertz CT molecular complexity index is 453. The normalized spacial score (nSPS) is 23.4. The predicted octanol–water partition coefficient (Wildman–Crippen LogP) is 3.20. The summed E-state index contributed by atoms with van der Waals surface area (Å²) >= 11 is 2.04. The van der Waals surface area contributed by atoms with E-state index in [1.54, 1.807) is 0 Å². The lowest BCUT2D eigenvalue weighted by atomic mass is 9.97. The molecule has 3 nitrogen and oxygen atoms in total. The van der Waals surface area contributed by atoms with Gasteiger partial charge in [0, 0.05) is 6.54 Å². The zero-order valence-electron chi connectivity index (χ0n) is 11.9. The molecular weight excluding hydrogens is 254 g/mol. The molecule has 4 heteroatoms. The Morgan fingerprint density at radius 3 is 2.89 bits per heavy atom. The fourth-order valence-corrected chi connectivity index (χ4v) is 4.22. The van der Waals surface area contributed by atoms with Crippen molar-refractivity contribution in [3.8, 4) is 0 Å². The number of hydrogen-bond donors (Lipinski definition) is 1. The third-order valence-corrected chi connectivity index (χ3v) is 5.37. The molecule has 2 aliphatic rings. The third-order valence-electron chi connectivity index (χ3n) is 4.00. The van der Waals surface area contributed by atoms with Crippen LogP contribution in [0.4, 0.5) is 0 Å². The molecule has 1 atom stereocenters. The maximum absolute atomic E-state index is 4.95. The molecule has 0 aliphatic carbocycles. The van der Waals surface area contributed by atoms with Crippen LogP contribution in [0.5, 0.6) is 0 Å². The van der Waals surface area contributed by atoms with Crippen molar-refractivity contribution in [2.75, 3.05) is 12.3 Å². The minimum atomic E-state index is 0.502. The van der Waals surface area contributed by atoms with Crippen molar-refractivity contribution in [1.29, 1.82) is 0 Å². The number of nitrogens with zero attached hydrogens (tertiary/aromatic N) is 2. The molecule has 0 bridgehead atoms. The monoisotopic (exact) mass is 277 g/mol. The molecule has 0 saturated carbocycles. The highest BCUT2D eigenvalue weighted by Gasteiger charge is 2.24. The maximum atomic E-state index is 4.95. The summed E-state index contributed by atoms with van der Waals surface area (Å²) in [6, 6.07) is 0. The molecule has 0 radical (unpaired) electrons. The molecule has 1 aromatic rings. The predicted molar refractivity (Wildman–Crippen MR) is 80.6 cm³/mol. The Hall–Kier alpha value is -0.610. The van der Waals surface area contributed by atoms with Crippen molar-refractivity contribution in [2.45, 2.75) is 57.2 Å². The van der Waals surface area contributed by atoms with E-state index in [1.807, 2.05) is 11.8 Å². The van der Waals surface area contributed by atoms with E-state index in [1.165, 1.54) is 42.0 Å². The first kappa shape index (κ1) is 13.4. The van der Waals surface area contributed by atoms with E-state index in [0.717, 1.165) is 25.3 Å². The number of fused-ring (bicyclic) bond motifs is 1. The van der Waals surface area contributed by atoms with Gasteiger partial charge in [-0.05, 0) is 43.0 Å². The first-order valence-corrected chi connectivity index (χ1v) is 8.52. The molecule has 2 aliphatic heterocycles. The molecule has 0 amide bonds. The lowest BCUT2D eigenvalue weighted by Gasteiger charge is -2.25. The van der Waals surface area contributed by atoms with Crippen molar-refractivity contribution < 1.29 is 0 Å². The Kier molecular flexibility index (Phi) is 4.08. The molecule has 3 heterocycles. The van der Waals surface area contributed by atoms with Gasteiger partial charge in [-0.25, -0.2) is 9.97 Å². The average molecular weight is 277 g/mol. The van der Waals surface area contributed by atoms with Gasteiger partial charge in [0.2, 0.25) is 0 Å². The smallest absolute Gasteiger partial charge is 0.141 e. The highest BCUT2D eigenvalue weighted by Crippen LogP contribution is 2.37. The Balaban J connectivity index is 1.98. The largest absolute Gasteiger partial charge is 0.311 e. The van der Waals surface area contributed by atoms with Crippen molar-refractivity contribution in [2.24, 2.45) is 0 Å². The van der Waals surface area contributed by atoms with Crippen LogP contribution in [0.3, 0.4) is 0 Å². The van der Waals surface area contributed by atoms with Gasteiger partial charge in [-0.3, -0.25) is 0 Å². The zero-order chi connectivity index (χ0) is 13.2. The van der Waals surface area contributed by atoms with E-state index in [9.17, 15) is 0 Å². The van der Waals surface area contributed by atoms with Gasteiger partial charge in [0.1, 0.15) is 5.82 Å². The SMILES string of the molecule is CC(C)c1nc(C2CCCCS2)nc2c1CCNC2. The topological polar surface area (TPSA) is 37.8 Å². The fourth-order valence-electron chi connectivity index (χ4n) is 2.97. The van der Waals surface area contributed by atoms with E-state index in [2.05, 4.69) is 19.2 Å². The Labute approximate surface area is 120 Å². The van der Waals surface area contributed by atoms with Crippen LogP contribution in [0.15, 0.2) is 0 Å². The zero-order valence-corrected chi connectivity index (χ0v) is 12.7. The minimum Gasteiger partial charge on any atom is -0.311 e. The van der Waals surface area contributed by atoms with E-state index >= 15 is 0 Å². The first-order chi connectivity index (χ1) is 9.25. The molecule has 1 aromatic heterocycles. The van der Waals surface area contributed by atoms with E-state index < -0.39 is 0 Å². The van der Waals surface area contributed by atoms with Crippen LogP contribution in [-0.2, 0) is 13.0 Å². The van der Waals surface area contributed by atoms with Gasteiger partial charge in [-0.1, -0.05) is 20.3 Å². The summed E-state index contributed by atoms with van der Waals surface area (Å²) in [7, 11) is 0. The van der Waals surface area contributed by atoms with Crippen LogP contribution < -0.4 is 5.32 Å². The molecule has 1 saturated heterocycles. The highest BCUT2D eigenvalue weighted by atomic mass is 32.2. The van der Waals surface area contributed by atoms with E-state index in [-0.39, 0.29) is 0 Å². The van der Waals surface area contributed by atoms with Crippen LogP contribution in [-0.4, -0.2) is 22.3 Å². The summed E-state index contributed by atoms with van der Waals surface area (Å²) in [6.07, 6.45) is 5.01. The standard InChI is InChI=1S/C15H23N3S/c1-10(2)14-11-6-7-16-9-12(11)17-15(18-14)13-5-3-4-8-19-13/h10,13,16H,3-9H2,1-2H3. The van der Waals surface area contributed by atoms with Crippen LogP contribution in [0.2, 0.25) is 0 Å². The molecular formula is C15H23N3S. The first-order valence-electron chi connectivity index (χ1n) is 7.47. The van der Waals surface area contributed by atoms with Crippen LogP contribution in [0.1, 0.15) is 67.1 Å². The number of nitrogens with one attached hydrogen (secondary N) is 1. The number of hydrogen-bond acceptors (Lipinski definition) is 4. The maximum Gasteiger partial charge on any atom is 0.141 e. The Morgan fingerprint density at radius 1 is 1.26 bits per heavy atom. The van der Waals surface area contributed by atoms with Crippen LogP contribution in [0, 0.1) is 0 Å². The molecule has 3 rings (SSSR count). The van der Waals surface area contributed by atoms with E-state index in [0.29, 0.717) is 11.2 Å². The van der Waals surface area contributed by atoms with Crippen molar-refractivity contribution in [1.82, 2.24) is 15.3 Å². The van der Waals surface area contributed by atoms with Crippen molar-refractivity contribution in [3.05, 3.63) is 22.8 Å². The second-order valence-corrected chi connectivity index (χ2v) is 7.14. The van der Waals surface area contributed by atoms with Gasteiger partial charge >= 0.3 is 0 Å². The van der Waals surface area contributed by atoms with Crippen LogP contribution in [0.25, 0.3) is 0 Å². The van der Waals surface area contributed by atoms with Crippen LogP contribution >= 0.6 is 11.8 Å². The van der Waals surface area contributed by atoms with Gasteiger partial charge in [-0.2, -0.15) is 11.8 Å². The molecule has 1 fully saturated rings. The summed E-state index contributed by atoms with van der Waals surface area (Å²) in [6.45, 7) is 6.49. The van der Waals surface area contributed by atoms with Crippen molar-refractivity contribution in [3.63, 3.8) is 0 Å². The van der Waals surface area contributed by atoms with Gasteiger partial charge in [0.25, 0.3) is 0 Å². The van der Waals surface area contributed by atoms with E-state index in [4.69, 9.17) is 9.97 Å². The van der Waals surface area contributed by atoms with Gasteiger partial charge in [0.05, 0.1) is 16.6 Å². The number of rotatable bonds is 2. The summed E-state index contributed by atoms with van der Waals surface area (Å²) < 4.78 is 0. The molecule has 0 aromatic carbocycles. The average Bonchev–Trinajstić information content (AvgIpc) is 2.47. The summed E-state index contributed by atoms with van der Waals surface area (Å²) in [4.78, 5) is 9.84. The van der Waals surface area contributed by atoms with Crippen molar-refractivity contribution >= 4 is 11.8 Å². The quantitative estimate of drug-likeness (QED) is 0.901.